The molecule has 68 valence electrons. The summed E-state index contributed by atoms with van der Waals surface area (Å²) in [7, 11) is 1.22. The molecule has 2 unspecified atom stereocenters. The van der Waals surface area contributed by atoms with Crippen molar-refractivity contribution in [2.75, 3.05) is 7.11 Å². The Balaban J connectivity index is 3.05. The summed E-state index contributed by atoms with van der Waals surface area (Å²) in [6, 6.07) is 0. The van der Waals surface area contributed by atoms with Crippen molar-refractivity contribution >= 4 is 11.6 Å². The first-order chi connectivity index (χ1) is 5.52. The van der Waals surface area contributed by atoms with Gasteiger partial charge in [-0.2, -0.15) is 0 Å². The first kappa shape index (κ1) is 9.35. The third-order valence-corrected chi connectivity index (χ3v) is 2.27. The number of alkyl halides is 2. The molecule has 0 radical (unpaired) electrons. The molecule has 0 fully saturated rings. The second-order valence-electron chi connectivity index (χ2n) is 2.43. The Hall–Kier alpha value is -0.740. The van der Waals surface area contributed by atoms with Gasteiger partial charge in [0.25, 0.3) is 0 Å². The number of allylic oxidation sites excluding steroid dienone is 2. The maximum absolute atomic E-state index is 13.2. The molecule has 2 atom stereocenters. The Morgan fingerprint density at radius 2 is 2.33 bits per heavy atom. The molecule has 0 aliphatic heterocycles. The van der Waals surface area contributed by atoms with Crippen LogP contribution in [0.1, 0.15) is 0 Å². The van der Waals surface area contributed by atoms with Crippen LogP contribution in [0.2, 0.25) is 0 Å². The molecule has 0 spiro atoms. The minimum absolute atomic E-state index is 0.0389. The fraction of sp³-hybridized carbons (Fsp3) is 0.429. The van der Waals surface area contributed by atoms with E-state index in [1.54, 1.807) is 0 Å². The van der Waals surface area contributed by atoms with Crippen LogP contribution in [-0.4, -0.2) is 23.4 Å². The van der Waals surface area contributed by atoms with Gasteiger partial charge in [0.15, 0.2) is 0 Å². The summed E-state index contributed by atoms with van der Waals surface area (Å²) in [6.07, 6.45) is 0.635. The zero-order valence-corrected chi connectivity index (χ0v) is 7.18. The van der Waals surface area contributed by atoms with Crippen molar-refractivity contribution in [3.8, 4) is 0 Å². The molecule has 3 nitrogen and oxygen atoms in total. The van der Waals surface area contributed by atoms with E-state index in [4.69, 9.17) is 22.4 Å². The number of aliphatic hydroxyl groups excluding tert-OH is 1. The Morgan fingerprint density at radius 1 is 1.75 bits per heavy atom. The number of hydrogen-bond donors (Lipinski definition) is 2. The van der Waals surface area contributed by atoms with E-state index in [2.05, 4.69) is 4.74 Å². The van der Waals surface area contributed by atoms with Gasteiger partial charge >= 0.3 is 0 Å². The minimum Gasteiger partial charge on any atom is -0.509 e. The molecule has 0 saturated carbocycles. The van der Waals surface area contributed by atoms with Crippen LogP contribution in [0.25, 0.3) is 0 Å². The molecule has 3 N–H and O–H groups in total. The van der Waals surface area contributed by atoms with E-state index in [-0.39, 0.29) is 5.70 Å². The van der Waals surface area contributed by atoms with Crippen molar-refractivity contribution in [1.82, 2.24) is 0 Å². The van der Waals surface area contributed by atoms with Crippen LogP contribution >= 0.6 is 11.6 Å². The lowest BCUT2D eigenvalue weighted by Crippen LogP contribution is -2.43. The fourth-order valence-corrected chi connectivity index (χ4v) is 1.11. The predicted octanol–water partition coefficient (Wildman–Crippen LogP) is 1.20. The average Bonchev–Trinajstić information content (AvgIpc) is 2.08. The molecule has 0 bridgehead atoms. The van der Waals surface area contributed by atoms with E-state index < -0.39 is 17.0 Å². The van der Waals surface area contributed by atoms with Gasteiger partial charge in [0, 0.05) is 7.11 Å². The molecule has 1 aliphatic carbocycles. The molecular formula is C7H9ClFNO2. The van der Waals surface area contributed by atoms with Crippen molar-refractivity contribution in [2.45, 2.75) is 11.2 Å². The molecule has 0 aromatic heterocycles. The third-order valence-electron chi connectivity index (χ3n) is 1.71. The molecular weight excluding hydrogens is 185 g/mol. The minimum atomic E-state index is -1.82. The molecule has 1 rings (SSSR count). The van der Waals surface area contributed by atoms with Gasteiger partial charge in [-0.25, -0.2) is 4.39 Å². The third kappa shape index (κ3) is 1.17. The Bertz CT molecular complexity index is 254. The average molecular weight is 194 g/mol. The lowest BCUT2D eigenvalue weighted by molar-refractivity contribution is 0.0190. The van der Waals surface area contributed by atoms with Crippen molar-refractivity contribution < 1.29 is 14.2 Å². The smallest absolute Gasteiger partial charge is 0.219 e. The molecule has 0 aromatic rings. The van der Waals surface area contributed by atoms with Gasteiger partial charge in [-0.05, 0) is 12.2 Å². The second-order valence-corrected chi connectivity index (χ2v) is 2.99. The maximum Gasteiger partial charge on any atom is 0.219 e. The SMILES string of the molecule is COC1(Cl)C(N)=CC=C(O)C1F. The van der Waals surface area contributed by atoms with Crippen molar-refractivity contribution in [3.63, 3.8) is 0 Å². The van der Waals surface area contributed by atoms with Crippen LogP contribution in [0.15, 0.2) is 23.6 Å². The van der Waals surface area contributed by atoms with E-state index in [1.165, 1.54) is 13.2 Å². The number of ether oxygens (including phenoxy) is 1. The second kappa shape index (κ2) is 2.95. The fourth-order valence-electron chi connectivity index (χ4n) is 0.931. The summed E-state index contributed by atoms with van der Waals surface area (Å²) in [5.41, 5.74) is 5.42. The van der Waals surface area contributed by atoms with Crippen molar-refractivity contribution in [1.29, 1.82) is 0 Å². The van der Waals surface area contributed by atoms with Crippen LogP contribution < -0.4 is 5.73 Å². The molecule has 0 saturated heterocycles. The zero-order chi connectivity index (χ0) is 9.35. The van der Waals surface area contributed by atoms with Gasteiger partial charge in [0.2, 0.25) is 11.2 Å². The zero-order valence-electron chi connectivity index (χ0n) is 6.42. The Morgan fingerprint density at radius 3 is 2.75 bits per heavy atom. The number of rotatable bonds is 1. The molecule has 0 heterocycles. The lowest BCUT2D eigenvalue weighted by Gasteiger charge is -2.31. The molecule has 0 amide bonds. The Labute approximate surface area is 74.3 Å². The van der Waals surface area contributed by atoms with Gasteiger partial charge in [-0.15, -0.1) is 0 Å². The summed E-state index contributed by atoms with van der Waals surface area (Å²) >= 11 is 5.66. The number of aliphatic hydroxyl groups is 1. The normalized spacial score (nSPS) is 35.8. The number of hydrogen-bond acceptors (Lipinski definition) is 3. The highest BCUT2D eigenvalue weighted by Crippen LogP contribution is 2.35. The number of halogens is 2. The van der Waals surface area contributed by atoms with Crippen LogP contribution in [0.4, 0.5) is 4.39 Å². The number of methoxy groups -OCH3 is 1. The van der Waals surface area contributed by atoms with Crippen LogP contribution in [0.3, 0.4) is 0 Å². The van der Waals surface area contributed by atoms with E-state index in [0.29, 0.717) is 0 Å². The summed E-state index contributed by atoms with van der Waals surface area (Å²) < 4.78 is 17.9. The van der Waals surface area contributed by atoms with E-state index >= 15 is 0 Å². The van der Waals surface area contributed by atoms with E-state index in [0.717, 1.165) is 6.08 Å². The molecule has 5 heteroatoms. The predicted molar refractivity (Wildman–Crippen MR) is 43.5 cm³/mol. The van der Waals surface area contributed by atoms with Gasteiger partial charge < -0.3 is 15.6 Å². The first-order valence-electron chi connectivity index (χ1n) is 3.27. The largest absolute Gasteiger partial charge is 0.509 e. The molecule has 0 aromatic carbocycles. The first-order valence-corrected chi connectivity index (χ1v) is 3.65. The van der Waals surface area contributed by atoms with Gasteiger partial charge in [0.05, 0.1) is 5.70 Å². The maximum atomic E-state index is 13.2. The summed E-state index contributed by atoms with van der Waals surface area (Å²) in [5, 5.41) is 7.22. The van der Waals surface area contributed by atoms with Crippen LogP contribution in [-0.2, 0) is 4.74 Å². The van der Waals surface area contributed by atoms with Crippen molar-refractivity contribution in [3.05, 3.63) is 23.6 Å². The quantitative estimate of drug-likeness (QED) is 0.616. The Kier molecular flexibility index (Phi) is 2.30. The van der Waals surface area contributed by atoms with Crippen LogP contribution in [0, 0.1) is 0 Å². The standard InChI is InChI=1S/C7H9ClFNO2/c1-12-7(8)5(10)3-2-4(11)6(7)9/h2-3,6,11H,10H2,1H3. The molecule has 1 aliphatic rings. The summed E-state index contributed by atoms with van der Waals surface area (Å²) in [6.45, 7) is 0. The van der Waals surface area contributed by atoms with Crippen molar-refractivity contribution in [2.24, 2.45) is 5.73 Å². The monoisotopic (exact) mass is 193 g/mol. The summed E-state index contributed by atoms with van der Waals surface area (Å²) in [4.78, 5) is 0. The molecule has 12 heavy (non-hydrogen) atoms. The van der Waals surface area contributed by atoms with Crippen LogP contribution in [0.5, 0.6) is 0 Å². The highest BCUT2D eigenvalue weighted by Gasteiger charge is 2.44. The summed E-state index contributed by atoms with van der Waals surface area (Å²) in [5.74, 6) is -0.485. The van der Waals surface area contributed by atoms with E-state index in [9.17, 15) is 4.39 Å². The lowest BCUT2D eigenvalue weighted by atomic mass is 10.0. The van der Waals surface area contributed by atoms with Gasteiger partial charge in [-0.3, -0.25) is 0 Å². The van der Waals surface area contributed by atoms with Gasteiger partial charge in [-0.1, -0.05) is 11.6 Å². The topological polar surface area (TPSA) is 55.5 Å². The highest BCUT2D eigenvalue weighted by molar-refractivity contribution is 6.25. The van der Waals surface area contributed by atoms with Gasteiger partial charge in [0.1, 0.15) is 5.76 Å². The highest BCUT2D eigenvalue weighted by atomic mass is 35.5. The van der Waals surface area contributed by atoms with E-state index in [1.807, 2.05) is 0 Å². The number of nitrogens with two attached hydrogens (primary N) is 1.